The van der Waals surface area contributed by atoms with E-state index in [4.69, 9.17) is 25.8 Å². The van der Waals surface area contributed by atoms with Gasteiger partial charge >= 0.3 is 0 Å². The average Bonchev–Trinajstić information content (AvgIpc) is 3.50. The fourth-order valence-electron chi connectivity index (χ4n) is 4.96. The van der Waals surface area contributed by atoms with E-state index in [0.29, 0.717) is 40.9 Å². The standard InChI is InChI=1S/C26H21ClN2O5/c27-17-5-3-4-16(10-17)8-9-28-24(30)13-29-20-7-2-1-6-18(20)26(25(29)31)14-32-21-12-23-22(11-19(21)26)33-15-34-23/h1-7,10-12H,8-9,13-15H2,(H,28,30). The van der Waals surface area contributed by atoms with Gasteiger partial charge in [-0.15, -0.1) is 0 Å². The van der Waals surface area contributed by atoms with Crippen LogP contribution in [0.4, 0.5) is 5.69 Å². The van der Waals surface area contributed by atoms with Crippen molar-refractivity contribution in [3.63, 3.8) is 0 Å². The maximum absolute atomic E-state index is 13.9. The van der Waals surface area contributed by atoms with Crippen LogP contribution in [0.5, 0.6) is 17.2 Å². The molecule has 0 fully saturated rings. The summed E-state index contributed by atoms with van der Waals surface area (Å²) in [6.45, 7) is 0.668. The number of hydrogen-bond acceptors (Lipinski definition) is 5. The number of nitrogens with zero attached hydrogens (tertiary/aromatic N) is 1. The summed E-state index contributed by atoms with van der Waals surface area (Å²) in [4.78, 5) is 28.3. The van der Waals surface area contributed by atoms with Crippen molar-refractivity contribution in [1.29, 1.82) is 0 Å². The lowest BCUT2D eigenvalue weighted by Crippen LogP contribution is -2.46. The first-order valence-electron chi connectivity index (χ1n) is 11.1. The van der Waals surface area contributed by atoms with E-state index in [1.54, 1.807) is 11.0 Å². The van der Waals surface area contributed by atoms with Gasteiger partial charge in [0, 0.05) is 28.9 Å². The van der Waals surface area contributed by atoms with Gasteiger partial charge in [0.25, 0.3) is 0 Å². The molecule has 1 atom stereocenters. The van der Waals surface area contributed by atoms with Crippen LogP contribution in [-0.2, 0) is 21.4 Å². The Kier molecular flexibility index (Phi) is 4.88. The molecule has 0 saturated carbocycles. The Morgan fingerprint density at radius 2 is 1.79 bits per heavy atom. The van der Waals surface area contributed by atoms with E-state index < -0.39 is 5.41 Å². The van der Waals surface area contributed by atoms with Crippen molar-refractivity contribution in [2.75, 3.05) is 31.4 Å². The van der Waals surface area contributed by atoms with Crippen molar-refractivity contribution in [3.05, 3.63) is 82.4 Å². The molecule has 7 nitrogen and oxygen atoms in total. The van der Waals surface area contributed by atoms with E-state index >= 15 is 0 Å². The van der Waals surface area contributed by atoms with Gasteiger partial charge in [-0.25, -0.2) is 0 Å². The SMILES string of the molecule is O=C(CN1C(=O)C2(COc3cc4c(cc32)OCO4)c2ccccc21)NCCc1cccc(Cl)c1. The number of carbonyl (C=O) groups is 2. The summed E-state index contributed by atoms with van der Waals surface area (Å²) in [6.07, 6.45) is 0.648. The molecule has 0 saturated heterocycles. The molecule has 2 amide bonds. The largest absolute Gasteiger partial charge is 0.491 e. The molecule has 1 N–H and O–H groups in total. The lowest BCUT2D eigenvalue weighted by atomic mass is 9.77. The lowest BCUT2D eigenvalue weighted by molar-refractivity contribution is -0.125. The van der Waals surface area contributed by atoms with Crippen LogP contribution in [0.2, 0.25) is 5.02 Å². The first kappa shape index (κ1) is 20.9. The van der Waals surface area contributed by atoms with Crippen molar-refractivity contribution in [2.45, 2.75) is 11.8 Å². The normalized spacial score (nSPS) is 19.2. The van der Waals surface area contributed by atoms with Crippen LogP contribution in [0, 0.1) is 0 Å². The second-order valence-corrected chi connectivity index (χ2v) is 8.97. The number of rotatable bonds is 5. The van der Waals surface area contributed by atoms with Gasteiger partial charge in [0.2, 0.25) is 18.6 Å². The number of nitrogens with one attached hydrogen (secondary N) is 1. The number of carbonyl (C=O) groups excluding carboxylic acids is 2. The number of ether oxygens (including phenoxy) is 3. The molecule has 3 aromatic carbocycles. The van der Waals surface area contributed by atoms with E-state index in [9.17, 15) is 9.59 Å². The van der Waals surface area contributed by atoms with Gasteiger partial charge in [0.15, 0.2) is 11.5 Å². The minimum absolute atomic E-state index is 0.0764. The zero-order valence-corrected chi connectivity index (χ0v) is 18.9. The number of fused-ring (bicyclic) bond motifs is 5. The highest BCUT2D eigenvalue weighted by molar-refractivity contribution is 6.30. The smallest absolute Gasteiger partial charge is 0.246 e. The van der Waals surface area contributed by atoms with Gasteiger partial charge in [-0.05, 0) is 41.8 Å². The molecule has 0 radical (unpaired) electrons. The van der Waals surface area contributed by atoms with Gasteiger partial charge < -0.3 is 24.4 Å². The summed E-state index contributed by atoms with van der Waals surface area (Å²) in [6, 6.07) is 18.7. The second kappa shape index (κ2) is 7.95. The van der Waals surface area contributed by atoms with Gasteiger partial charge in [-0.2, -0.15) is 0 Å². The molecular weight excluding hydrogens is 456 g/mol. The third kappa shape index (κ3) is 3.19. The molecule has 1 unspecified atom stereocenters. The van der Waals surface area contributed by atoms with E-state index in [-0.39, 0.29) is 31.8 Å². The van der Waals surface area contributed by atoms with E-state index in [1.807, 2.05) is 54.6 Å². The van der Waals surface area contributed by atoms with E-state index in [2.05, 4.69) is 5.32 Å². The summed E-state index contributed by atoms with van der Waals surface area (Å²) in [5.74, 6) is 1.38. The molecule has 8 heteroatoms. The van der Waals surface area contributed by atoms with Crippen LogP contribution >= 0.6 is 11.6 Å². The van der Waals surface area contributed by atoms with Crippen molar-refractivity contribution in [1.82, 2.24) is 5.32 Å². The van der Waals surface area contributed by atoms with Gasteiger partial charge in [0.05, 0.1) is 0 Å². The number of hydrogen-bond donors (Lipinski definition) is 1. The molecule has 1 spiro atoms. The number of benzene rings is 3. The Hall–Kier alpha value is -3.71. The lowest BCUT2D eigenvalue weighted by Gasteiger charge is -2.23. The molecule has 0 bridgehead atoms. The maximum Gasteiger partial charge on any atom is 0.246 e. The first-order valence-corrected chi connectivity index (χ1v) is 11.4. The van der Waals surface area contributed by atoms with Crippen LogP contribution in [0.15, 0.2) is 60.7 Å². The summed E-state index contributed by atoms with van der Waals surface area (Å²) >= 11 is 6.03. The van der Waals surface area contributed by atoms with Gasteiger partial charge in [0.1, 0.15) is 24.3 Å². The van der Waals surface area contributed by atoms with Gasteiger partial charge in [-0.3, -0.25) is 9.59 Å². The highest BCUT2D eigenvalue weighted by atomic mass is 35.5. The summed E-state index contributed by atoms with van der Waals surface area (Å²) < 4.78 is 17.0. The molecule has 3 aliphatic heterocycles. The van der Waals surface area contributed by atoms with E-state index in [1.165, 1.54) is 0 Å². The summed E-state index contributed by atoms with van der Waals surface area (Å²) in [7, 11) is 0. The third-order valence-corrected chi connectivity index (χ3v) is 6.81. The van der Waals surface area contributed by atoms with Crippen molar-refractivity contribution >= 4 is 29.1 Å². The molecular formula is C26H21ClN2O5. The van der Waals surface area contributed by atoms with Crippen LogP contribution in [-0.4, -0.2) is 38.3 Å². The topological polar surface area (TPSA) is 77.1 Å². The van der Waals surface area contributed by atoms with Crippen LogP contribution < -0.4 is 24.4 Å². The molecule has 172 valence electrons. The molecule has 34 heavy (non-hydrogen) atoms. The summed E-state index contributed by atoms with van der Waals surface area (Å²) in [5.41, 5.74) is 2.29. The first-order chi connectivity index (χ1) is 16.6. The zero-order chi connectivity index (χ0) is 23.3. The fraction of sp³-hybridized carbons (Fsp3) is 0.231. The molecule has 0 aliphatic carbocycles. The predicted molar refractivity (Wildman–Crippen MR) is 126 cm³/mol. The fourth-order valence-corrected chi connectivity index (χ4v) is 5.17. The Morgan fingerprint density at radius 1 is 0.971 bits per heavy atom. The van der Waals surface area contributed by atoms with Crippen molar-refractivity contribution in [2.24, 2.45) is 0 Å². The predicted octanol–water partition coefficient (Wildman–Crippen LogP) is 3.45. The Morgan fingerprint density at radius 3 is 2.65 bits per heavy atom. The quantitative estimate of drug-likeness (QED) is 0.610. The molecule has 3 aromatic rings. The Labute approximate surface area is 201 Å². The highest BCUT2D eigenvalue weighted by Crippen LogP contribution is 2.54. The molecule has 0 aromatic heterocycles. The number of anilines is 1. The Bertz CT molecular complexity index is 1330. The van der Waals surface area contributed by atoms with Crippen molar-refractivity contribution in [3.8, 4) is 17.2 Å². The van der Waals surface area contributed by atoms with Gasteiger partial charge in [-0.1, -0.05) is 41.9 Å². The number of halogens is 1. The van der Waals surface area contributed by atoms with Crippen molar-refractivity contribution < 1.29 is 23.8 Å². The molecule has 3 heterocycles. The monoisotopic (exact) mass is 476 g/mol. The number of amides is 2. The molecule has 3 aliphatic rings. The number of para-hydroxylation sites is 1. The third-order valence-electron chi connectivity index (χ3n) is 6.57. The zero-order valence-electron chi connectivity index (χ0n) is 18.2. The molecule has 6 rings (SSSR count). The van der Waals surface area contributed by atoms with Crippen LogP contribution in [0.1, 0.15) is 16.7 Å². The van der Waals surface area contributed by atoms with E-state index in [0.717, 1.165) is 16.7 Å². The highest BCUT2D eigenvalue weighted by Gasteiger charge is 2.57. The maximum atomic E-state index is 13.9. The summed E-state index contributed by atoms with van der Waals surface area (Å²) in [5, 5.41) is 3.58. The second-order valence-electron chi connectivity index (χ2n) is 8.53. The van der Waals surface area contributed by atoms with Crippen LogP contribution in [0.3, 0.4) is 0 Å². The Balaban J connectivity index is 1.25. The minimum Gasteiger partial charge on any atom is -0.491 e. The minimum atomic E-state index is -1.02. The average molecular weight is 477 g/mol. The van der Waals surface area contributed by atoms with Crippen LogP contribution in [0.25, 0.3) is 0 Å².